The molecule has 0 unspecified atom stereocenters. The number of rotatable bonds is 4. The Kier molecular flexibility index (Phi) is 5.78. The van der Waals surface area contributed by atoms with Crippen LogP contribution in [0.1, 0.15) is 27.0 Å². The molecule has 24 heavy (non-hydrogen) atoms. The Bertz CT molecular complexity index is 764. The molecule has 126 valence electrons. The number of benzene rings is 2. The van der Waals surface area contributed by atoms with Crippen molar-refractivity contribution in [2.75, 3.05) is 18.9 Å². The average molecular weight is 389 g/mol. The minimum absolute atomic E-state index is 0.00188. The summed E-state index contributed by atoms with van der Waals surface area (Å²) in [5, 5.41) is 2.91. The molecule has 4 nitrogen and oxygen atoms in total. The highest BCUT2D eigenvalue weighted by atomic mass is 79.9. The second kappa shape index (κ2) is 7.62. The molecule has 1 N–H and O–H groups in total. The summed E-state index contributed by atoms with van der Waals surface area (Å²) in [6, 6.07) is 11.2. The summed E-state index contributed by atoms with van der Waals surface area (Å²) < 4.78 is 0.831. The molecule has 0 atom stereocenters. The third-order valence-corrected chi connectivity index (χ3v) is 4.23. The van der Waals surface area contributed by atoms with Gasteiger partial charge in [-0.15, -0.1) is 0 Å². The van der Waals surface area contributed by atoms with E-state index >= 15 is 0 Å². The number of hydrogen-bond acceptors (Lipinski definition) is 2. The summed E-state index contributed by atoms with van der Waals surface area (Å²) >= 11 is 3.35. The van der Waals surface area contributed by atoms with E-state index in [1.807, 2.05) is 39.0 Å². The largest absolute Gasteiger partial charge is 0.332 e. The second-order valence-corrected chi connectivity index (χ2v) is 6.91. The molecule has 2 rings (SSSR count). The standard InChI is InChI=1S/C19H21BrN2O2/c1-12-8-13(2)18(14(3)9-12)21-17(23)11-22(4)19(24)15-6-5-7-16(20)10-15/h5-10H,11H2,1-4H3,(H,21,23). The van der Waals surface area contributed by atoms with Crippen LogP contribution in [0.15, 0.2) is 40.9 Å². The van der Waals surface area contributed by atoms with E-state index in [1.165, 1.54) is 4.90 Å². The Balaban J connectivity index is 2.06. The van der Waals surface area contributed by atoms with Crippen molar-refractivity contribution in [3.63, 3.8) is 0 Å². The number of carbonyl (C=O) groups excluding carboxylic acids is 2. The number of aryl methyl sites for hydroxylation is 3. The van der Waals surface area contributed by atoms with Gasteiger partial charge in [0.1, 0.15) is 0 Å². The number of amides is 2. The molecule has 0 saturated heterocycles. The Hall–Kier alpha value is -2.14. The van der Waals surface area contributed by atoms with Gasteiger partial charge in [0.2, 0.25) is 5.91 Å². The lowest BCUT2D eigenvalue weighted by atomic mass is 10.1. The van der Waals surface area contributed by atoms with Crippen molar-refractivity contribution in [2.24, 2.45) is 0 Å². The third kappa shape index (κ3) is 4.45. The van der Waals surface area contributed by atoms with Gasteiger partial charge in [0.05, 0.1) is 6.54 Å². The molecule has 2 amide bonds. The van der Waals surface area contributed by atoms with Crippen molar-refractivity contribution in [3.8, 4) is 0 Å². The monoisotopic (exact) mass is 388 g/mol. The molecular weight excluding hydrogens is 368 g/mol. The first-order valence-electron chi connectivity index (χ1n) is 7.66. The third-order valence-electron chi connectivity index (χ3n) is 3.74. The van der Waals surface area contributed by atoms with Gasteiger partial charge in [0, 0.05) is 22.8 Å². The number of halogens is 1. The van der Waals surface area contributed by atoms with E-state index in [4.69, 9.17) is 0 Å². The topological polar surface area (TPSA) is 49.4 Å². The first-order chi connectivity index (χ1) is 11.3. The molecule has 0 radical (unpaired) electrons. The van der Waals surface area contributed by atoms with Gasteiger partial charge in [-0.2, -0.15) is 0 Å². The molecule has 0 saturated carbocycles. The maximum Gasteiger partial charge on any atom is 0.254 e. The molecule has 0 bridgehead atoms. The smallest absolute Gasteiger partial charge is 0.254 e. The normalized spacial score (nSPS) is 10.4. The second-order valence-electron chi connectivity index (χ2n) is 5.99. The first kappa shape index (κ1) is 18.2. The van der Waals surface area contributed by atoms with Crippen molar-refractivity contribution in [2.45, 2.75) is 20.8 Å². The van der Waals surface area contributed by atoms with Crippen LogP contribution in [0, 0.1) is 20.8 Å². The number of carbonyl (C=O) groups is 2. The van der Waals surface area contributed by atoms with Crippen LogP contribution in [0.4, 0.5) is 5.69 Å². The lowest BCUT2D eigenvalue weighted by molar-refractivity contribution is -0.116. The van der Waals surface area contributed by atoms with Crippen molar-refractivity contribution in [3.05, 3.63) is 63.1 Å². The summed E-state index contributed by atoms with van der Waals surface area (Å²) in [6.45, 7) is 5.95. The lowest BCUT2D eigenvalue weighted by Crippen LogP contribution is -2.35. The summed E-state index contributed by atoms with van der Waals surface area (Å²) in [6.07, 6.45) is 0. The van der Waals surface area contributed by atoms with E-state index < -0.39 is 0 Å². The van der Waals surface area contributed by atoms with E-state index in [2.05, 4.69) is 21.2 Å². The highest BCUT2D eigenvalue weighted by Gasteiger charge is 2.16. The van der Waals surface area contributed by atoms with Crippen LogP contribution in [-0.2, 0) is 4.79 Å². The SMILES string of the molecule is Cc1cc(C)c(NC(=O)CN(C)C(=O)c2cccc(Br)c2)c(C)c1. The van der Waals surface area contributed by atoms with Crippen molar-refractivity contribution in [1.29, 1.82) is 0 Å². The number of nitrogens with zero attached hydrogens (tertiary/aromatic N) is 1. The summed E-state index contributed by atoms with van der Waals surface area (Å²) in [5.74, 6) is -0.403. The van der Waals surface area contributed by atoms with Gasteiger partial charge in [0.25, 0.3) is 5.91 Å². The summed E-state index contributed by atoms with van der Waals surface area (Å²) in [5.41, 5.74) is 4.55. The number of nitrogens with one attached hydrogen (secondary N) is 1. The van der Waals surface area contributed by atoms with Crippen molar-refractivity contribution >= 4 is 33.4 Å². The molecule has 0 fully saturated rings. The van der Waals surface area contributed by atoms with Gasteiger partial charge < -0.3 is 10.2 Å². The van der Waals surface area contributed by atoms with E-state index in [9.17, 15) is 9.59 Å². The van der Waals surface area contributed by atoms with Gasteiger partial charge in [-0.25, -0.2) is 0 Å². The van der Waals surface area contributed by atoms with E-state index in [1.54, 1.807) is 25.2 Å². The molecule has 0 aliphatic heterocycles. The molecule has 0 spiro atoms. The number of anilines is 1. The van der Waals surface area contributed by atoms with E-state index in [-0.39, 0.29) is 18.4 Å². The van der Waals surface area contributed by atoms with Gasteiger partial charge >= 0.3 is 0 Å². The number of likely N-dealkylation sites (N-methyl/N-ethyl adjacent to an activating group) is 1. The molecule has 0 aromatic heterocycles. The quantitative estimate of drug-likeness (QED) is 0.857. The molecule has 0 heterocycles. The van der Waals surface area contributed by atoms with Crippen molar-refractivity contribution < 1.29 is 9.59 Å². The molecule has 2 aromatic rings. The Labute approximate surface area is 151 Å². The van der Waals surface area contributed by atoms with Crippen LogP contribution in [0.3, 0.4) is 0 Å². The fourth-order valence-corrected chi connectivity index (χ4v) is 3.08. The maximum absolute atomic E-state index is 12.4. The van der Waals surface area contributed by atoms with Crippen molar-refractivity contribution in [1.82, 2.24) is 4.90 Å². The predicted molar refractivity (Wildman–Crippen MR) is 100 cm³/mol. The first-order valence-corrected chi connectivity index (χ1v) is 8.46. The average Bonchev–Trinajstić information content (AvgIpc) is 2.50. The number of hydrogen-bond donors (Lipinski definition) is 1. The molecule has 5 heteroatoms. The van der Waals surface area contributed by atoms with Gasteiger partial charge in [0.15, 0.2) is 0 Å². The molecule has 0 aliphatic carbocycles. The lowest BCUT2D eigenvalue weighted by Gasteiger charge is -2.18. The van der Waals surface area contributed by atoms with E-state index in [0.29, 0.717) is 5.56 Å². The zero-order chi connectivity index (χ0) is 17.9. The fourth-order valence-electron chi connectivity index (χ4n) is 2.69. The Morgan fingerprint density at radius 2 is 1.71 bits per heavy atom. The molecule has 2 aromatic carbocycles. The highest BCUT2D eigenvalue weighted by molar-refractivity contribution is 9.10. The van der Waals surface area contributed by atoms with Crippen LogP contribution in [0.25, 0.3) is 0 Å². The van der Waals surface area contributed by atoms with Crippen LogP contribution in [0.5, 0.6) is 0 Å². The van der Waals surface area contributed by atoms with E-state index in [0.717, 1.165) is 26.9 Å². The zero-order valence-corrected chi connectivity index (χ0v) is 15.9. The van der Waals surface area contributed by atoms with Crippen LogP contribution in [-0.4, -0.2) is 30.3 Å². The predicted octanol–water partition coefficient (Wildman–Crippen LogP) is 4.09. The van der Waals surface area contributed by atoms with Gasteiger partial charge in [-0.1, -0.05) is 39.7 Å². The Morgan fingerprint density at radius 3 is 2.29 bits per heavy atom. The maximum atomic E-state index is 12.4. The van der Waals surface area contributed by atoms with Crippen LogP contribution >= 0.6 is 15.9 Å². The zero-order valence-electron chi connectivity index (χ0n) is 14.3. The van der Waals surface area contributed by atoms with Gasteiger partial charge in [-0.3, -0.25) is 9.59 Å². The highest BCUT2D eigenvalue weighted by Crippen LogP contribution is 2.22. The van der Waals surface area contributed by atoms with Crippen LogP contribution in [0.2, 0.25) is 0 Å². The minimum Gasteiger partial charge on any atom is -0.332 e. The van der Waals surface area contributed by atoms with Crippen LogP contribution < -0.4 is 5.32 Å². The summed E-state index contributed by atoms with van der Waals surface area (Å²) in [7, 11) is 1.62. The Morgan fingerprint density at radius 1 is 1.08 bits per heavy atom. The fraction of sp³-hybridized carbons (Fsp3) is 0.263. The molecular formula is C19H21BrN2O2. The minimum atomic E-state index is -0.212. The summed E-state index contributed by atoms with van der Waals surface area (Å²) in [4.78, 5) is 26.1. The van der Waals surface area contributed by atoms with Gasteiger partial charge in [-0.05, 0) is 50.1 Å². The molecule has 0 aliphatic rings.